The number of carbonyl (C=O) groups is 1. The van der Waals surface area contributed by atoms with E-state index in [1.807, 2.05) is 6.92 Å². The highest BCUT2D eigenvalue weighted by Gasteiger charge is 2.21. The molecule has 0 aliphatic heterocycles. The topological polar surface area (TPSA) is 118 Å². The predicted octanol–water partition coefficient (Wildman–Crippen LogP) is 4.61. The normalized spacial score (nSPS) is 11.0. The van der Waals surface area contributed by atoms with E-state index in [-0.39, 0.29) is 21.8 Å². The lowest BCUT2D eigenvalue weighted by Gasteiger charge is -2.13. The van der Waals surface area contributed by atoms with Crippen molar-refractivity contribution in [1.29, 1.82) is 0 Å². The minimum Gasteiger partial charge on any atom is -0.322 e. The number of nitro benzene ring substituents is 1. The quantitative estimate of drug-likeness (QED) is 0.424. The summed E-state index contributed by atoms with van der Waals surface area (Å²) in [6.45, 7) is 1.82. The van der Waals surface area contributed by atoms with Crippen LogP contribution in [0.15, 0.2) is 71.6 Å². The Labute approximate surface area is 177 Å². The highest BCUT2D eigenvalue weighted by molar-refractivity contribution is 7.92. The van der Waals surface area contributed by atoms with Crippen molar-refractivity contribution >= 4 is 44.6 Å². The van der Waals surface area contributed by atoms with E-state index in [9.17, 15) is 23.3 Å². The molecule has 0 spiro atoms. The number of amides is 1. The van der Waals surface area contributed by atoms with Gasteiger partial charge in [-0.25, -0.2) is 8.42 Å². The van der Waals surface area contributed by atoms with Crippen molar-refractivity contribution in [2.24, 2.45) is 0 Å². The van der Waals surface area contributed by atoms with Crippen LogP contribution >= 0.6 is 11.6 Å². The minimum atomic E-state index is -4.17. The predicted molar refractivity (Wildman–Crippen MR) is 114 cm³/mol. The SMILES string of the molecule is Cc1cc(Cl)cc(NC(=O)c2ccccc2NS(=O)(=O)c2cccc([N+](=O)[O-])c2)c1. The van der Waals surface area contributed by atoms with Crippen LogP contribution in [-0.4, -0.2) is 19.2 Å². The van der Waals surface area contributed by atoms with Crippen molar-refractivity contribution in [2.75, 3.05) is 10.0 Å². The van der Waals surface area contributed by atoms with E-state index < -0.39 is 20.9 Å². The number of aryl methyl sites for hydroxylation is 1. The Balaban J connectivity index is 1.90. The fraction of sp³-hybridized carbons (Fsp3) is 0.0500. The van der Waals surface area contributed by atoms with E-state index in [0.29, 0.717) is 10.7 Å². The fourth-order valence-corrected chi connectivity index (χ4v) is 4.15. The molecule has 0 aliphatic carbocycles. The van der Waals surface area contributed by atoms with Gasteiger partial charge in [0.25, 0.3) is 21.6 Å². The molecule has 3 aromatic carbocycles. The molecule has 0 radical (unpaired) electrons. The molecule has 8 nitrogen and oxygen atoms in total. The molecule has 0 bridgehead atoms. The van der Waals surface area contributed by atoms with Crippen LogP contribution in [0.5, 0.6) is 0 Å². The standard InChI is InChI=1S/C20H16ClN3O5S/c1-13-9-14(21)11-15(10-13)22-20(25)18-7-2-3-8-19(18)23-30(28,29)17-6-4-5-16(12-17)24(26)27/h2-12,23H,1H3,(H,22,25). The molecule has 0 saturated heterocycles. The van der Waals surface area contributed by atoms with Crippen molar-refractivity contribution in [3.8, 4) is 0 Å². The molecule has 0 fully saturated rings. The maximum Gasteiger partial charge on any atom is 0.270 e. The minimum absolute atomic E-state index is 0.0280. The molecule has 0 atom stereocenters. The lowest BCUT2D eigenvalue weighted by Crippen LogP contribution is -2.18. The summed E-state index contributed by atoms with van der Waals surface area (Å²) in [4.78, 5) is 22.7. The largest absolute Gasteiger partial charge is 0.322 e. The summed E-state index contributed by atoms with van der Waals surface area (Å²) in [5.74, 6) is -0.547. The smallest absolute Gasteiger partial charge is 0.270 e. The lowest BCUT2D eigenvalue weighted by molar-refractivity contribution is -0.385. The summed E-state index contributed by atoms with van der Waals surface area (Å²) in [7, 11) is -4.17. The summed E-state index contributed by atoms with van der Waals surface area (Å²) in [6.07, 6.45) is 0. The number of rotatable bonds is 6. The maximum absolute atomic E-state index is 12.7. The number of halogens is 1. The average Bonchev–Trinajstić information content (AvgIpc) is 2.67. The molecule has 0 unspecified atom stereocenters. The number of carbonyl (C=O) groups excluding carboxylic acids is 1. The fourth-order valence-electron chi connectivity index (χ4n) is 2.74. The first kappa shape index (κ1) is 21.3. The molecule has 3 rings (SSSR count). The van der Waals surface area contributed by atoms with Gasteiger partial charge in [-0.1, -0.05) is 29.8 Å². The van der Waals surface area contributed by atoms with Gasteiger partial charge in [0, 0.05) is 22.8 Å². The summed E-state index contributed by atoms with van der Waals surface area (Å²) in [5, 5.41) is 14.1. The van der Waals surface area contributed by atoms with Crippen molar-refractivity contribution in [3.05, 3.63) is 93.0 Å². The van der Waals surface area contributed by atoms with Crippen LogP contribution in [0.3, 0.4) is 0 Å². The number of benzene rings is 3. The molecule has 3 aromatic rings. The van der Waals surface area contributed by atoms with E-state index in [0.717, 1.165) is 11.6 Å². The number of sulfonamides is 1. The van der Waals surface area contributed by atoms with Crippen molar-refractivity contribution < 1.29 is 18.1 Å². The number of hydrogen-bond donors (Lipinski definition) is 2. The van der Waals surface area contributed by atoms with Crippen LogP contribution in [0.2, 0.25) is 5.02 Å². The van der Waals surface area contributed by atoms with Gasteiger partial charge in [-0.15, -0.1) is 0 Å². The third-order valence-corrected chi connectivity index (χ3v) is 5.64. The number of hydrogen-bond acceptors (Lipinski definition) is 5. The summed E-state index contributed by atoms with van der Waals surface area (Å²) < 4.78 is 27.8. The summed E-state index contributed by atoms with van der Waals surface area (Å²) in [5.41, 5.74) is 1.04. The third kappa shape index (κ3) is 4.94. The van der Waals surface area contributed by atoms with Gasteiger partial charge in [-0.2, -0.15) is 0 Å². The first-order chi connectivity index (χ1) is 14.2. The molecule has 10 heteroatoms. The Morgan fingerprint density at radius 1 is 1.03 bits per heavy atom. The Bertz CT molecular complexity index is 1220. The molecular weight excluding hydrogens is 430 g/mol. The molecule has 2 N–H and O–H groups in total. The number of nitro groups is 1. The van der Waals surface area contributed by atoms with Gasteiger partial charge in [0.1, 0.15) is 0 Å². The van der Waals surface area contributed by atoms with Gasteiger partial charge in [0.2, 0.25) is 0 Å². The molecule has 0 aromatic heterocycles. The van der Waals surface area contributed by atoms with Gasteiger partial charge >= 0.3 is 0 Å². The zero-order valence-electron chi connectivity index (χ0n) is 15.6. The van der Waals surface area contributed by atoms with Crippen LogP contribution in [-0.2, 0) is 10.0 Å². The Hall–Kier alpha value is -3.43. The molecule has 0 saturated carbocycles. The molecule has 1 amide bonds. The molecule has 154 valence electrons. The van der Waals surface area contributed by atoms with Crippen LogP contribution in [0.4, 0.5) is 17.1 Å². The van der Waals surface area contributed by atoms with Crippen LogP contribution in [0, 0.1) is 17.0 Å². The second kappa shape index (κ2) is 8.52. The maximum atomic E-state index is 12.7. The van der Waals surface area contributed by atoms with E-state index in [1.165, 1.54) is 30.3 Å². The van der Waals surface area contributed by atoms with Crippen molar-refractivity contribution in [2.45, 2.75) is 11.8 Å². The number of nitrogens with zero attached hydrogens (tertiary/aromatic N) is 1. The second-order valence-corrected chi connectivity index (χ2v) is 8.50. The van der Waals surface area contributed by atoms with Crippen LogP contribution < -0.4 is 10.0 Å². The van der Waals surface area contributed by atoms with Gasteiger partial charge in [-0.3, -0.25) is 19.6 Å². The number of nitrogens with one attached hydrogen (secondary N) is 2. The molecule has 30 heavy (non-hydrogen) atoms. The molecule has 0 heterocycles. The Morgan fingerprint density at radius 2 is 1.77 bits per heavy atom. The highest BCUT2D eigenvalue weighted by atomic mass is 35.5. The van der Waals surface area contributed by atoms with Crippen molar-refractivity contribution in [3.63, 3.8) is 0 Å². The van der Waals surface area contributed by atoms with E-state index in [4.69, 9.17) is 11.6 Å². The zero-order valence-corrected chi connectivity index (χ0v) is 17.2. The zero-order chi connectivity index (χ0) is 21.9. The van der Waals surface area contributed by atoms with Crippen LogP contribution in [0.25, 0.3) is 0 Å². The first-order valence-electron chi connectivity index (χ1n) is 8.60. The highest BCUT2D eigenvalue weighted by Crippen LogP contribution is 2.24. The molecular formula is C20H16ClN3O5S. The monoisotopic (exact) mass is 445 g/mol. The Morgan fingerprint density at radius 3 is 2.47 bits per heavy atom. The second-order valence-electron chi connectivity index (χ2n) is 6.38. The number of para-hydroxylation sites is 1. The third-order valence-electron chi connectivity index (χ3n) is 4.05. The van der Waals surface area contributed by atoms with E-state index in [1.54, 1.807) is 30.3 Å². The summed E-state index contributed by atoms with van der Waals surface area (Å²) in [6, 6.07) is 15.7. The number of non-ortho nitro benzene ring substituents is 1. The lowest BCUT2D eigenvalue weighted by atomic mass is 10.1. The Kier molecular flexibility index (Phi) is 6.04. The average molecular weight is 446 g/mol. The van der Waals surface area contributed by atoms with Gasteiger partial charge < -0.3 is 5.32 Å². The van der Waals surface area contributed by atoms with Crippen LogP contribution in [0.1, 0.15) is 15.9 Å². The summed E-state index contributed by atoms with van der Waals surface area (Å²) >= 11 is 6.01. The number of anilines is 2. The van der Waals surface area contributed by atoms with Crippen molar-refractivity contribution in [1.82, 2.24) is 0 Å². The van der Waals surface area contributed by atoms with E-state index in [2.05, 4.69) is 10.0 Å². The first-order valence-corrected chi connectivity index (χ1v) is 10.5. The molecule has 0 aliphatic rings. The van der Waals surface area contributed by atoms with Gasteiger partial charge in [-0.05, 0) is 48.9 Å². The van der Waals surface area contributed by atoms with E-state index >= 15 is 0 Å². The van der Waals surface area contributed by atoms with Gasteiger partial charge in [0.05, 0.1) is 21.1 Å². The van der Waals surface area contributed by atoms with Gasteiger partial charge in [0.15, 0.2) is 0 Å².